The Kier molecular flexibility index (Phi) is 3.51. The fourth-order valence-electron chi connectivity index (χ4n) is 2.07. The molecule has 0 aliphatic carbocycles. The van der Waals surface area contributed by atoms with Gasteiger partial charge in [0.1, 0.15) is 5.82 Å². The molecule has 1 N–H and O–H groups in total. The summed E-state index contributed by atoms with van der Waals surface area (Å²) in [6.45, 7) is 0. The van der Waals surface area contributed by atoms with E-state index < -0.39 is 0 Å². The Balaban J connectivity index is 1.80. The Morgan fingerprint density at radius 3 is 2.57 bits per heavy atom. The summed E-state index contributed by atoms with van der Waals surface area (Å²) < 4.78 is 4.67. The Morgan fingerprint density at radius 2 is 1.86 bits per heavy atom. The third-order valence-corrected chi connectivity index (χ3v) is 3.17. The van der Waals surface area contributed by atoms with Gasteiger partial charge in [-0.1, -0.05) is 30.3 Å². The van der Waals surface area contributed by atoms with Gasteiger partial charge in [-0.3, -0.25) is 0 Å². The lowest BCUT2D eigenvalue weighted by molar-refractivity contribution is 0.0601. The van der Waals surface area contributed by atoms with Crippen LogP contribution in [0.25, 0.3) is 23.2 Å². The number of carbonyl (C=O) groups is 1. The summed E-state index contributed by atoms with van der Waals surface area (Å²) >= 11 is 0. The van der Waals surface area contributed by atoms with Gasteiger partial charge in [0, 0.05) is 0 Å². The molecule has 21 heavy (non-hydrogen) atoms. The van der Waals surface area contributed by atoms with Crippen molar-refractivity contribution in [1.82, 2.24) is 9.97 Å². The van der Waals surface area contributed by atoms with E-state index in [4.69, 9.17) is 0 Å². The first kappa shape index (κ1) is 13.1. The quantitative estimate of drug-likeness (QED) is 0.746. The second-order valence-corrected chi connectivity index (χ2v) is 4.59. The fraction of sp³-hybridized carbons (Fsp3) is 0.0588. The second-order valence-electron chi connectivity index (χ2n) is 4.59. The van der Waals surface area contributed by atoms with Crippen LogP contribution in [0.4, 0.5) is 0 Å². The Labute approximate surface area is 122 Å². The molecule has 0 fully saturated rings. The number of rotatable bonds is 3. The summed E-state index contributed by atoms with van der Waals surface area (Å²) in [5.41, 5.74) is 3.48. The molecule has 0 radical (unpaired) electrons. The van der Waals surface area contributed by atoms with Crippen molar-refractivity contribution in [1.29, 1.82) is 0 Å². The first-order valence-electron chi connectivity index (χ1n) is 6.57. The highest BCUT2D eigenvalue weighted by atomic mass is 16.5. The predicted molar refractivity (Wildman–Crippen MR) is 82.8 cm³/mol. The maximum Gasteiger partial charge on any atom is 0.337 e. The summed E-state index contributed by atoms with van der Waals surface area (Å²) in [6, 6.07) is 15.1. The third kappa shape index (κ3) is 2.84. The van der Waals surface area contributed by atoms with E-state index in [0.29, 0.717) is 5.56 Å². The number of benzene rings is 2. The number of nitrogens with zero attached hydrogens (tertiary/aromatic N) is 1. The van der Waals surface area contributed by atoms with Crippen molar-refractivity contribution < 1.29 is 9.53 Å². The molecule has 1 heterocycles. The molecule has 0 bridgehead atoms. The van der Waals surface area contributed by atoms with Gasteiger partial charge in [0.05, 0.1) is 23.7 Å². The lowest BCUT2D eigenvalue weighted by Crippen LogP contribution is -2.00. The molecule has 1 aromatic heterocycles. The van der Waals surface area contributed by atoms with Crippen LogP contribution in [0.1, 0.15) is 21.7 Å². The molecule has 3 rings (SSSR count). The van der Waals surface area contributed by atoms with Crippen molar-refractivity contribution in [3.63, 3.8) is 0 Å². The number of esters is 1. The number of fused-ring (bicyclic) bond motifs is 1. The van der Waals surface area contributed by atoms with Crippen LogP contribution < -0.4 is 0 Å². The van der Waals surface area contributed by atoms with E-state index in [1.54, 1.807) is 12.1 Å². The van der Waals surface area contributed by atoms with Gasteiger partial charge in [-0.25, -0.2) is 9.78 Å². The number of nitrogens with one attached hydrogen (secondary N) is 1. The highest BCUT2D eigenvalue weighted by molar-refractivity contribution is 5.89. The van der Waals surface area contributed by atoms with Gasteiger partial charge in [-0.05, 0) is 35.9 Å². The summed E-state index contributed by atoms with van der Waals surface area (Å²) in [6.07, 6.45) is 3.85. The maximum atomic E-state index is 11.3. The number of aromatic nitrogens is 2. The monoisotopic (exact) mass is 278 g/mol. The molecule has 0 saturated heterocycles. The molecule has 0 aliphatic heterocycles. The molecule has 0 aliphatic rings. The van der Waals surface area contributed by atoms with Crippen molar-refractivity contribution in [2.45, 2.75) is 0 Å². The molecule has 4 heteroatoms. The van der Waals surface area contributed by atoms with Crippen LogP contribution in [0.2, 0.25) is 0 Å². The number of hydrogen-bond donors (Lipinski definition) is 1. The van der Waals surface area contributed by atoms with Gasteiger partial charge in [0.2, 0.25) is 0 Å². The van der Waals surface area contributed by atoms with Crippen LogP contribution in [0.15, 0.2) is 48.5 Å². The highest BCUT2D eigenvalue weighted by Gasteiger charge is 2.03. The van der Waals surface area contributed by atoms with Gasteiger partial charge in [-0.15, -0.1) is 0 Å². The Bertz CT molecular complexity index is 768. The predicted octanol–water partition coefficient (Wildman–Crippen LogP) is 3.52. The second kappa shape index (κ2) is 5.63. The summed E-state index contributed by atoms with van der Waals surface area (Å²) in [5, 5.41) is 0. The van der Waals surface area contributed by atoms with E-state index in [0.717, 1.165) is 22.4 Å². The van der Waals surface area contributed by atoms with Crippen molar-refractivity contribution >= 4 is 29.2 Å². The SMILES string of the molecule is COC(=O)c1ccc(C=Cc2nc3ccccc3[nH]2)cc1. The number of carbonyl (C=O) groups excluding carboxylic acids is 1. The molecular weight excluding hydrogens is 264 g/mol. The first-order chi connectivity index (χ1) is 10.3. The standard InChI is InChI=1S/C17H14N2O2/c1-21-17(20)13-9-6-12(7-10-13)8-11-16-18-14-4-2-3-5-15(14)19-16/h2-11H,1H3,(H,18,19). The number of aromatic amines is 1. The average Bonchev–Trinajstić information content (AvgIpc) is 2.95. The van der Waals surface area contributed by atoms with Gasteiger partial charge in [0.25, 0.3) is 0 Å². The molecule has 2 aromatic carbocycles. The first-order valence-corrected chi connectivity index (χ1v) is 6.57. The maximum absolute atomic E-state index is 11.3. The number of methoxy groups -OCH3 is 1. The van der Waals surface area contributed by atoms with E-state index in [9.17, 15) is 4.79 Å². The summed E-state index contributed by atoms with van der Waals surface area (Å²) in [5.74, 6) is 0.469. The molecule has 104 valence electrons. The minimum Gasteiger partial charge on any atom is -0.465 e. The number of hydrogen-bond acceptors (Lipinski definition) is 3. The summed E-state index contributed by atoms with van der Waals surface area (Å²) in [4.78, 5) is 19.1. The van der Waals surface area contributed by atoms with E-state index in [-0.39, 0.29) is 5.97 Å². The third-order valence-electron chi connectivity index (χ3n) is 3.17. The molecule has 0 saturated carbocycles. The zero-order valence-electron chi connectivity index (χ0n) is 11.5. The lowest BCUT2D eigenvalue weighted by atomic mass is 10.1. The molecule has 4 nitrogen and oxygen atoms in total. The normalized spacial score (nSPS) is 11.1. The number of imidazole rings is 1. The number of H-pyrrole nitrogens is 1. The van der Waals surface area contributed by atoms with Crippen LogP contribution in [0.5, 0.6) is 0 Å². The molecule has 3 aromatic rings. The van der Waals surface area contributed by atoms with Gasteiger partial charge in [-0.2, -0.15) is 0 Å². The van der Waals surface area contributed by atoms with E-state index in [1.165, 1.54) is 7.11 Å². The number of para-hydroxylation sites is 2. The fourth-order valence-corrected chi connectivity index (χ4v) is 2.07. The lowest BCUT2D eigenvalue weighted by Gasteiger charge is -1.99. The van der Waals surface area contributed by atoms with Gasteiger partial charge < -0.3 is 9.72 Å². The summed E-state index contributed by atoms with van der Waals surface area (Å²) in [7, 11) is 1.37. The Hall–Kier alpha value is -2.88. The van der Waals surface area contributed by atoms with Gasteiger partial charge in [0.15, 0.2) is 0 Å². The molecule has 0 atom stereocenters. The molecule has 0 unspecified atom stereocenters. The molecule has 0 amide bonds. The van der Waals surface area contributed by atoms with Crippen LogP contribution >= 0.6 is 0 Å². The topological polar surface area (TPSA) is 55.0 Å². The van der Waals surface area contributed by atoms with Crippen LogP contribution in [0, 0.1) is 0 Å². The van der Waals surface area contributed by atoms with Crippen molar-refractivity contribution in [2.75, 3.05) is 7.11 Å². The average molecular weight is 278 g/mol. The smallest absolute Gasteiger partial charge is 0.337 e. The zero-order chi connectivity index (χ0) is 14.7. The van der Waals surface area contributed by atoms with E-state index in [1.807, 2.05) is 48.6 Å². The minimum atomic E-state index is -0.331. The number of ether oxygens (including phenoxy) is 1. The largest absolute Gasteiger partial charge is 0.465 e. The van der Waals surface area contributed by atoms with Crippen LogP contribution in [-0.2, 0) is 4.74 Å². The Morgan fingerprint density at radius 1 is 1.10 bits per heavy atom. The van der Waals surface area contributed by atoms with Crippen molar-refractivity contribution in [3.05, 3.63) is 65.5 Å². The van der Waals surface area contributed by atoms with Crippen LogP contribution in [-0.4, -0.2) is 23.0 Å². The van der Waals surface area contributed by atoms with Gasteiger partial charge >= 0.3 is 5.97 Å². The van der Waals surface area contributed by atoms with Crippen molar-refractivity contribution in [3.8, 4) is 0 Å². The minimum absolute atomic E-state index is 0.331. The zero-order valence-corrected chi connectivity index (χ0v) is 11.5. The van der Waals surface area contributed by atoms with Crippen molar-refractivity contribution in [2.24, 2.45) is 0 Å². The van der Waals surface area contributed by atoms with E-state index >= 15 is 0 Å². The molecule has 0 spiro atoms. The van der Waals surface area contributed by atoms with Crippen LogP contribution in [0.3, 0.4) is 0 Å². The highest BCUT2D eigenvalue weighted by Crippen LogP contribution is 2.13. The molecular formula is C17H14N2O2. The van der Waals surface area contributed by atoms with E-state index in [2.05, 4.69) is 14.7 Å².